The Labute approximate surface area is 142 Å². The maximum absolute atomic E-state index is 12.6. The fourth-order valence-electron chi connectivity index (χ4n) is 3.48. The van der Waals surface area contributed by atoms with E-state index in [9.17, 15) is 9.59 Å². The van der Waals surface area contributed by atoms with E-state index in [4.69, 9.17) is 0 Å². The Hall–Kier alpha value is -2.36. The van der Waals surface area contributed by atoms with Gasteiger partial charge in [-0.15, -0.1) is 0 Å². The molecular weight excluding hydrogens is 300 g/mol. The molecule has 2 aromatic rings. The van der Waals surface area contributed by atoms with Gasteiger partial charge in [-0.25, -0.2) is 0 Å². The van der Waals surface area contributed by atoms with Crippen molar-refractivity contribution in [3.63, 3.8) is 0 Å². The fourth-order valence-corrected chi connectivity index (χ4v) is 3.48. The van der Waals surface area contributed by atoms with Crippen molar-refractivity contribution in [3.8, 4) is 0 Å². The van der Waals surface area contributed by atoms with Gasteiger partial charge < -0.3 is 9.88 Å². The van der Waals surface area contributed by atoms with E-state index in [0.29, 0.717) is 5.56 Å². The Morgan fingerprint density at radius 3 is 2.79 bits per heavy atom. The standard InChI is InChI=1S/C20H24N2O2/c1-14-7-6-12-22(19(14)24)13-17(23)21-18-16-9-5-4-8-15(16)10-11-20(18,2)3/h4-9,12,18H,10-11,13H2,1-3H3,(H,21,23). The zero-order valence-corrected chi connectivity index (χ0v) is 14.5. The zero-order valence-electron chi connectivity index (χ0n) is 14.5. The van der Waals surface area contributed by atoms with E-state index in [1.165, 1.54) is 15.7 Å². The van der Waals surface area contributed by atoms with E-state index in [2.05, 4.69) is 31.3 Å². The highest BCUT2D eigenvalue weighted by atomic mass is 16.2. The molecule has 4 nitrogen and oxygen atoms in total. The van der Waals surface area contributed by atoms with Crippen molar-refractivity contribution in [2.24, 2.45) is 5.41 Å². The molecule has 0 bridgehead atoms. The van der Waals surface area contributed by atoms with Crippen LogP contribution in [-0.4, -0.2) is 10.5 Å². The van der Waals surface area contributed by atoms with Gasteiger partial charge in [0.05, 0.1) is 6.04 Å². The Kier molecular flexibility index (Phi) is 4.31. The van der Waals surface area contributed by atoms with Gasteiger partial charge in [0, 0.05) is 11.8 Å². The Morgan fingerprint density at radius 1 is 1.25 bits per heavy atom. The molecule has 1 heterocycles. The summed E-state index contributed by atoms with van der Waals surface area (Å²) in [4.78, 5) is 24.7. The summed E-state index contributed by atoms with van der Waals surface area (Å²) in [5, 5.41) is 3.16. The molecule has 1 atom stereocenters. The lowest BCUT2D eigenvalue weighted by atomic mass is 9.70. The molecule has 3 rings (SSSR count). The van der Waals surface area contributed by atoms with E-state index in [0.717, 1.165) is 12.8 Å². The van der Waals surface area contributed by atoms with Gasteiger partial charge in [-0.05, 0) is 42.4 Å². The van der Waals surface area contributed by atoms with Crippen LogP contribution >= 0.6 is 0 Å². The van der Waals surface area contributed by atoms with Crippen LogP contribution in [0.15, 0.2) is 47.4 Å². The van der Waals surface area contributed by atoms with Crippen LogP contribution in [0.2, 0.25) is 0 Å². The summed E-state index contributed by atoms with van der Waals surface area (Å²) in [6, 6.07) is 11.8. The minimum absolute atomic E-state index is 0.0123. The number of hydrogen-bond acceptors (Lipinski definition) is 2. The van der Waals surface area contributed by atoms with Crippen LogP contribution in [0, 0.1) is 12.3 Å². The summed E-state index contributed by atoms with van der Waals surface area (Å²) in [5.41, 5.74) is 3.01. The van der Waals surface area contributed by atoms with Gasteiger partial charge in [-0.2, -0.15) is 0 Å². The number of hydrogen-bond donors (Lipinski definition) is 1. The first-order valence-electron chi connectivity index (χ1n) is 8.42. The molecule has 1 amide bonds. The molecule has 0 spiro atoms. The first kappa shape index (κ1) is 16.5. The van der Waals surface area contributed by atoms with Crippen molar-refractivity contribution in [3.05, 3.63) is 69.6 Å². The minimum atomic E-state index is -0.127. The number of nitrogens with zero attached hydrogens (tertiary/aromatic N) is 1. The molecule has 0 radical (unpaired) electrons. The highest BCUT2D eigenvalue weighted by Crippen LogP contribution is 2.43. The molecule has 1 unspecified atom stereocenters. The fraction of sp³-hybridized carbons (Fsp3) is 0.400. The monoisotopic (exact) mass is 324 g/mol. The third kappa shape index (κ3) is 3.14. The number of nitrogens with one attached hydrogen (secondary N) is 1. The lowest BCUT2D eigenvalue weighted by Crippen LogP contribution is -2.43. The van der Waals surface area contributed by atoms with Gasteiger partial charge in [0.25, 0.3) is 5.56 Å². The van der Waals surface area contributed by atoms with Crippen molar-refractivity contribution < 1.29 is 4.79 Å². The van der Waals surface area contributed by atoms with E-state index < -0.39 is 0 Å². The number of aromatic nitrogens is 1. The number of carbonyl (C=O) groups excluding carboxylic acids is 1. The molecule has 1 aliphatic carbocycles. The van der Waals surface area contributed by atoms with E-state index in [1.807, 2.05) is 12.1 Å². The van der Waals surface area contributed by atoms with Crippen molar-refractivity contribution >= 4 is 5.91 Å². The average molecular weight is 324 g/mol. The molecule has 0 saturated heterocycles. The molecule has 24 heavy (non-hydrogen) atoms. The Morgan fingerprint density at radius 2 is 2.00 bits per heavy atom. The predicted molar refractivity (Wildman–Crippen MR) is 94.9 cm³/mol. The molecular formula is C20H24N2O2. The zero-order chi connectivity index (χ0) is 17.3. The maximum atomic E-state index is 12.6. The van der Waals surface area contributed by atoms with Gasteiger partial charge in [0.2, 0.25) is 5.91 Å². The van der Waals surface area contributed by atoms with Crippen molar-refractivity contribution in [2.75, 3.05) is 0 Å². The number of pyridine rings is 1. The van der Waals surface area contributed by atoms with Crippen LogP contribution in [0.3, 0.4) is 0 Å². The molecule has 126 valence electrons. The lowest BCUT2D eigenvalue weighted by molar-refractivity contribution is -0.123. The molecule has 1 aromatic carbocycles. The number of rotatable bonds is 3. The van der Waals surface area contributed by atoms with Crippen molar-refractivity contribution in [1.82, 2.24) is 9.88 Å². The van der Waals surface area contributed by atoms with Crippen molar-refractivity contribution in [2.45, 2.75) is 46.2 Å². The van der Waals surface area contributed by atoms with Crippen LogP contribution in [0.25, 0.3) is 0 Å². The number of amides is 1. The minimum Gasteiger partial charge on any atom is -0.347 e. The number of aryl methyl sites for hydroxylation is 2. The second-order valence-corrected chi connectivity index (χ2v) is 7.31. The molecule has 0 fully saturated rings. The largest absolute Gasteiger partial charge is 0.347 e. The van der Waals surface area contributed by atoms with Gasteiger partial charge >= 0.3 is 0 Å². The molecule has 1 aliphatic rings. The third-order valence-corrected chi connectivity index (χ3v) is 5.02. The summed E-state index contributed by atoms with van der Waals surface area (Å²) in [5.74, 6) is -0.127. The maximum Gasteiger partial charge on any atom is 0.253 e. The normalized spacial score (nSPS) is 18.7. The lowest BCUT2D eigenvalue weighted by Gasteiger charge is -2.40. The van der Waals surface area contributed by atoms with Crippen LogP contribution in [0.5, 0.6) is 0 Å². The highest BCUT2D eigenvalue weighted by molar-refractivity contribution is 5.76. The average Bonchev–Trinajstić information content (AvgIpc) is 2.55. The van der Waals surface area contributed by atoms with Gasteiger partial charge in [0.15, 0.2) is 0 Å². The number of carbonyl (C=O) groups is 1. The van der Waals surface area contributed by atoms with Gasteiger partial charge in [-0.1, -0.05) is 44.2 Å². The number of benzene rings is 1. The molecule has 0 saturated carbocycles. The van der Waals surface area contributed by atoms with Gasteiger partial charge in [0.1, 0.15) is 6.54 Å². The molecule has 4 heteroatoms. The quantitative estimate of drug-likeness (QED) is 0.943. The molecule has 1 aromatic heterocycles. The van der Waals surface area contributed by atoms with Crippen LogP contribution < -0.4 is 10.9 Å². The summed E-state index contributed by atoms with van der Waals surface area (Å²) < 4.78 is 1.46. The highest BCUT2D eigenvalue weighted by Gasteiger charge is 2.36. The summed E-state index contributed by atoms with van der Waals surface area (Å²) in [6.45, 7) is 6.19. The summed E-state index contributed by atoms with van der Waals surface area (Å²) >= 11 is 0. The first-order chi connectivity index (χ1) is 11.4. The Balaban J connectivity index is 1.83. The van der Waals surface area contributed by atoms with Crippen molar-refractivity contribution in [1.29, 1.82) is 0 Å². The molecule has 1 N–H and O–H groups in total. The second-order valence-electron chi connectivity index (χ2n) is 7.31. The topological polar surface area (TPSA) is 51.1 Å². The Bertz CT molecular complexity index is 820. The van der Waals surface area contributed by atoms with Crippen LogP contribution in [0.1, 0.15) is 43.0 Å². The van der Waals surface area contributed by atoms with Crippen LogP contribution in [0.4, 0.5) is 0 Å². The van der Waals surface area contributed by atoms with E-state index in [-0.39, 0.29) is 29.5 Å². The smallest absolute Gasteiger partial charge is 0.253 e. The third-order valence-electron chi connectivity index (χ3n) is 5.02. The molecule has 0 aliphatic heterocycles. The van der Waals surface area contributed by atoms with E-state index >= 15 is 0 Å². The summed E-state index contributed by atoms with van der Waals surface area (Å²) in [7, 11) is 0. The number of fused-ring (bicyclic) bond motifs is 1. The SMILES string of the molecule is Cc1cccn(CC(=O)NC2c3ccccc3CCC2(C)C)c1=O. The van der Waals surface area contributed by atoms with Crippen LogP contribution in [-0.2, 0) is 17.8 Å². The predicted octanol–water partition coefficient (Wildman–Crippen LogP) is 2.99. The summed E-state index contributed by atoms with van der Waals surface area (Å²) in [6.07, 6.45) is 3.72. The van der Waals surface area contributed by atoms with Gasteiger partial charge in [-0.3, -0.25) is 9.59 Å². The van der Waals surface area contributed by atoms with E-state index in [1.54, 1.807) is 25.3 Å². The first-order valence-corrected chi connectivity index (χ1v) is 8.42. The second kappa shape index (κ2) is 6.27.